The van der Waals surface area contributed by atoms with E-state index >= 15 is 0 Å². The molecule has 1 amide bonds. The summed E-state index contributed by atoms with van der Waals surface area (Å²) >= 11 is 3.46. The van der Waals surface area contributed by atoms with Crippen LogP contribution in [0.15, 0.2) is 28.7 Å². The zero-order chi connectivity index (χ0) is 15.9. The number of carboxylic acids is 1. The molecule has 0 aliphatic heterocycles. The monoisotopic (exact) mass is 355 g/mol. The van der Waals surface area contributed by atoms with Gasteiger partial charge in [-0.1, -0.05) is 48.0 Å². The minimum absolute atomic E-state index is 0.0409. The fourth-order valence-corrected chi connectivity index (χ4v) is 2.80. The minimum Gasteiger partial charge on any atom is -0.481 e. The van der Waals surface area contributed by atoms with Gasteiger partial charge in [-0.3, -0.25) is 9.59 Å². The molecule has 1 aromatic carbocycles. The van der Waals surface area contributed by atoms with Gasteiger partial charge in [-0.2, -0.15) is 0 Å². The van der Waals surface area contributed by atoms with Gasteiger partial charge in [0.25, 0.3) is 0 Å². The standard InChI is InChI=1S/C16H22BrNO3/c1-3-16(4-2,11-15(20)21)18-14(19)10-9-12-7-5-6-8-13(12)17/h5-8H,3-4,9-11H2,1-2H3,(H,18,19)(H,20,21). The van der Waals surface area contributed by atoms with Crippen molar-refractivity contribution in [2.75, 3.05) is 0 Å². The molecule has 0 bridgehead atoms. The molecule has 21 heavy (non-hydrogen) atoms. The third-order valence-corrected chi connectivity index (χ3v) is 4.60. The van der Waals surface area contributed by atoms with Crippen molar-refractivity contribution in [2.45, 2.75) is 51.5 Å². The van der Waals surface area contributed by atoms with Crippen molar-refractivity contribution >= 4 is 27.8 Å². The molecule has 0 saturated carbocycles. The summed E-state index contributed by atoms with van der Waals surface area (Å²) in [5.74, 6) is -0.986. The molecule has 5 heteroatoms. The van der Waals surface area contributed by atoms with E-state index in [1.807, 2.05) is 38.1 Å². The van der Waals surface area contributed by atoms with Crippen LogP contribution in [0.2, 0.25) is 0 Å². The Balaban J connectivity index is 2.62. The van der Waals surface area contributed by atoms with E-state index in [4.69, 9.17) is 5.11 Å². The number of aliphatic carboxylic acids is 1. The van der Waals surface area contributed by atoms with Crippen LogP contribution in [0.5, 0.6) is 0 Å². The first-order valence-corrected chi connectivity index (χ1v) is 7.98. The quantitative estimate of drug-likeness (QED) is 0.749. The summed E-state index contributed by atoms with van der Waals surface area (Å²) in [7, 11) is 0. The lowest BCUT2D eigenvalue weighted by molar-refractivity contribution is -0.139. The Kier molecular flexibility index (Phi) is 6.89. The summed E-state index contributed by atoms with van der Waals surface area (Å²) in [4.78, 5) is 23.1. The smallest absolute Gasteiger partial charge is 0.305 e. The molecule has 1 rings (SSSR count). The van der Waals surface area contributed by atoms with Gasteiger partial charge in [-0.05, 0) is 30.9 Å². The van der Waals surface area contributed by atoms with Crippen LogP contribution in [-0.4, -0.2) is 22.5 Å². The minimum atomic E-state index is -0.884. The lowest BCUT2D eigenvalue weighted by Gasteiger charge is -2.31. The summed E-state index contributed by atoms with van der Waals surface area (Å²) in [5, 5.41) is 11.9. The number of halogens is 1. The van der Waals surface area contributed by atoms with E-state index in [1.165, 1.54) is 0 Å². The molecule has 4 nitrogen and oxygen atoms in total. The van der Waals surface area contributed by atoms with Crippen LogP contribution in [0.25, 0.3) is 0 Å². The maximum atomic E-state index is 12.1. The molecule has 0 unspecified atom stereocenters. The number of rotatable bonds is 8. The summed E-state index contributed by atoms with van der Waals surface area (Å²) in [6.07, 6.45) is 2.15. The number of nitrogens with one attached hydrogen (secondary N) is 1. The van der Waals surface area contributed by atoms with E-state index in [2.05, 4.69) is 21.2 Å². The second-order valence-electron chi connectivity index (χ2n) is 5.20. The van der Waals surface area contributed by atoms with Crippen LogP contribution < -0.4 is 5.32 Å². The van der Waals surface area contributed by atoms with Gasteiger partial charge in [-0.15, -0.1) is 0 Å². The average Bonchev–Trinajstić information content (AvgIpc) is 2.45. The van der Waals surface area contributed by atoms with Crippen LogP contribution in [0.4, 0.5) is 0 Å². The van der Waals surface area contributed by atoms with Crippen molar-refractivity contribution < 1.29 is 14.7 Å². The van der Waals surface area contributed by atoms with Gasteiger partial charge in [0.1, 0.15) is 0 Å². The average molecular weight is 356 g/mol. The largest absolute Gasteiger partial charge is 0.481 e. The second kappa shape index (κ2) is 8.17. The number of carbonyl (C=O) groups is 2. The molecule has 0 aromatic heterocycles. The number of aryl methyl sites for hydroxylation is 1. The lowest BCUT2D eigenvalue weighted by atomic mass is 9.88. The summed E-state index contributed by atoms with van der Waals surface area (Å²) in [6, 6.07) is 7.78. The van der Waals surface area contributed by atoms with Crippen LogP contribution in [0.1, 0.15) is 45.1 Å². The predicted molar refractivity (Wildman–Crippen MR) is 86.2 cm³/mol. The highest BCUT2D eigenvalue weighted by atomic mass is 79.9. The molecule has 0 fully saturated rings. The second-order valence-corrected chi connectivity index (χ2v) is 6.05. The van der Waals surface area contributed by atoms with E-state index in [1.54, 1.807) is 0 Å². The summed E-state index contributed by atoms with van der Waals surface area (Å²) < 4.78 is 0.987. The molecule has 0 saturated heterocycles. The predicted octanol–water partition coefficient (Wildman–Crippen LogP) is 3.53. The van der Waals surface area contributed by atoms with Crippen molar-refractivity contribution in [3.63, 3.8) is 0 Å². The molecule has 0 aliphatic rings. The van der Waals surface area contributed by atoms with Crippen LogP contribution >= 0.6 is 15.9 Å². The molecule has 0 radical (unpaired) electrons. The highest BCUT2D eigenvalue weighted by Gasteiger charge is 2.30. The van der Waals surface area contributed by atoms with E-state index in [-0.39, 0.29) is 12.3 Å². The van der Waals surface area contributed by atoms with E-state index < -0.39 is 11.5 Å². The van der Waals surface area contributed by atoms with Gasteiger partial charge in [0, 0.05) is 16.4 Å². The molecule has 0 atom stereocenters. The van der Waals surface area contributed by atoms with Gasteiger partial charge in [-0.25, -0.2) is 0 Å². The molecule has 0 aliphatic carbocycles. The molecule has 116 valence electrons. The van der Waals surface area contributed by atoms with Crippen molar-refractivity contribution in [1.29, 1.82) is 0 Å². The molecule has 0 heterocycles. The first-order chi connectivity index (χ1) is 9.92. The lowest BCUT2D eigenvalue weighted by Crippen LogP contribution is -2.49. The third-order valence-electron chi connectivity index (χ3n) is 3.83. The van der Waals surface area contributed by atoms with E-state index in [0.29, 0.717) is 25.7 Å². The highest BCUT2D eigenvalue weighted by Crippen LogP contribution is 2.21. The Bertz CT molecular complexity index is 498. The Morgan fingerprint density at radius 3 is 2.38 bits per heavy atom. The Morgan fingerprint density at radius 1 is 1.24 bits per heavy atom. The first kappa shape index (κ1) is 17.7. The zero-order valence-electron chi connectivity index (χ0n) is 12.5. The van der Waals surface area contributed by atoms with Crippen LogP contribution in [-0.2, 0) is 16.0 Å². The molecule has 1 aromatic rings. The van der Waals surface area contributed by atoms with Gasteiger partial charge >= 0.3 is 5.97 Å². The maximum absolute atomic E-state index is 12.1. The van der Waals surface area contributed by atoms with E-state index in [9.17, 15) is 9.59 Å². The number of carboxylic acid groups (broad SMARTS) is 1. The summed E-state index contributed by atoms with van der Waals surface area (Å²) in [6.45, 7) is 3.81. The first-order valence-electron chi connectivity index (χ1n) is 7.18. The maximum Gasteiger partial charge on any atom is 0.305 e. The number of benzene rings is 1. The van der Waals surface area contributed by atoms with Crippen molar-refractivity contribution in [3.8, 4) is 0 Å². The molecular weight excluding hydrogens is 334 g/mol. The van der Waals surface area contributed by atoms with Crippen molar-refractivity contribution in [1.82, 2.24) is 5.32 Å². The normalized spacial score (nSPS) is 11.2. The topological polar surface area (TPSA) is 66.4 Å². The highest BCUT2D eigenvalue weighted by molar-refractivity contribution is 9.10. The Hall–Kier alpha value is -1.36. The molecule has 0 spiro atoms. The fourth-order valence-electron chi connectivity index (χ4n) is 2.32. The van der Waals surface area contributed by atoms with Gasteiger partial charge in [0.05, 0.1) is 6.42 Å². The van der Waals surface area contributed by atoms with Gasteiger partial charge < -0.3 is 10.4 Å². The molecule has 2 N–H and O–H groups in total. The van der Waals surface area contributed by atoms with Crippen molar-refractivity contribution in [2.24, 2.45) is 0 Å². The third kappa shape index (κ3) is 5.50. The van der Waals surface area contributed by atoms with Gasteiger partial charge in [0.15, 0.2) is 0 Å². The Labute approximate surface area is 134 Å². The number of hydrogen-bond donors (Lipinski definition) is 2. The van der Waals surface area contributed by atoms with Gasteiger partial charge in [0.2, 0.25) is 5.91 Å². The molecular formula is C16H22BrNO3. The van der Waals surface area contributed by atoms with Crippen LogP contribution in [0.3, 0.4) is 0 Å². The number of hydrogen-bond acceptors (Lipinski definition) is 2. The van der Waals surface area contributed by atoms with Crippen LogP contribution in [0, 0.1) is 0 Å². The summed E-state index contributed by atoms with van der Waals surface area (Å²) in [5.41, 5.74) is 0.432. The zero-order valence-corrected chi connectivity index (χ0v) is 14.1. The fraction of sp³-hybridized carbons (Fsp3) is 0.500. The number of amides is 1. The SMILES string of the molecule is CCC(CC)(CC(=O)O)NC(=O)CCc1ccccc1Br. The Morgan fingerprint density at radius 2 is 1.86 bits per heavy atom. The number of carbonyl (C=O) groups excluding carboxylic acids is 1. The van der Waals surface area contributed by atoms with Crippen molar-refractivity contribution in [3.05, 3.63) is 34.3 Å². The van der Waals surface area contributed by atoms with E-state index in [0.717, 1.165) is 10.0 Å².